The SMILES string of the molecule is C=CCCCC1(C)CCC(OS(=O)(=O)C(F)(F)F)=C1CC=C. The number of halogens is 3. The maximum Gasteiger partial charge on any atom is 0.534 e. The summed E-state index contributed by atoms with van der Waals surface area (Å²) < 4.78 is 64.2. The van der Waals surface area contributed by atoms with E-state index in [-0.39, 0.29) is 17.6 Å². The first kappa shape index (κ1) is 18.8. The summed E-state index contributed by atoms with van der Waals surface area (Å²) in [5.74, 6) is -0.0849. The minimum Gasteiger partial charge on any atom is -0.381 e. The van der Waals surface area contributed by atoms with E-state index in [0.717, 1.165) is 19.3 Å². The molecule has 0 aromatic carbocycles. The Hall–Kier alpha value is -1.24. The molecule has 0 bridgehead atoms. The highest BCUT2D eigenvalue weighted by Gasteiger charge is 2.50. The van der Waals surface area contributed by atoms with Crippen molar-refractivity contribution in [1.82, 2.24) is 0 Å². The van der Waals surface area contributed by atoms with Crippen molar-refractivity contribution in [3.8, 4) is 0 Å². The Morgan fingerprint density at radius 3 is 2.45 bits per heavy atom. The number of alkyl halides is 3. The maximum absolute atomic E-state index is 12.5. The fraction of sp³-hybridized carbons (Fsp3) is 0.600. The van der Waals surface area contributed by atoms with E-state index in [1.807, 2.05) is 6.92 Å². The Balaban J connectivity index is 3.06. The minimum absolute atomic E-state index is 0.0849. The number of rotatable bonds is 8. The van der Waals surface area contributed by atoms with Gasteiger partial charge in [0, 0.05) is 6.42 Å². The van der Waals surface area contributed by atoms with Gasteiger partial charge >= 0.3 is 15.6 Å². The molecule has 0 amide bonds. The second-order valence-electron chi connectivity index (χ2n) is 5.62. The van der Waals surface area contributed by atoms with Crippen LogP contribution in [0.5, 0.6) is 0 Å². The quantitative estimate of drug-likeness (QED) is 0.275. The molecule has 1 aliphatic carbocycles. The van der Waals surface area contributed by atoms with E-state index >= 15 is 0 Å². The summed E-state index contributed by atoms with van der Waals surface area (Å²) in [5.41, 5.74) is -5.19. The molecule has 0 N–H and O–H groups in total. The highest BCUT2D eigenvalue weighted by Crippen LogP contribution is 2.49. The molecular formula is C15H21F3O3S. The summed E-state index contributed by atoms with van der Waals surface area (Å²) in [6, 6.07) is 0. The lowest BCUT2D eigenvalue weighted by atomic mass is 9.77. The summed E-state index contributed by atoms with van der Waals surface area (Å²) in [6.45, 7) is 9.15. The average molecular weight is 338 g/mol. The predicted octanol–water partition coefficient (Wildman–Crippen LogP) is 4.84. The van der Waals surface area contributed by atoms with Crippen molar-refractivity contribution in [3.05, 3.63) is 36.6 Å². The van der Waals surface area contributed by atoms with Gasteiger partial charge in [-0.2, -0.15) is 21.6 Å². The van der Waals surface area contributed by atoms with E-state index in [2.05, 4.69) is 17.3 Å². The molecule has 1 unspecified atom stereocenters. The predicted molar refractivity (Wildman–Crippen MR) is 79.3 cm³/mol. The summed E-state index contributed by atoms with van der Waals surface area (Å²) >= 11 is 0. The van der Waals surface area contributed by atoms with E-state index < -0.39 is 15.6 Å². The van der Waals surface area contributed by atoms with Crippen molar-refractivity contribution >= 4 is 10.1 Å². The van der Waals surface area contributed by atoms with Crippen LogP contribution in [0.1, 0.15) is 45.4 Å². The maximum atomic E-state index is 12.5. The summed E-state index contributed by atoms with van der Waals surface area (Å²) in [4.78, 5) is 0. The highest BCUT2D eigenvalue weighted by molar-refractivity contribution is 7.87. The number of hydrogen-bond acceptors (Lipinski definition) is 3. The zero-order valence-electron chi connectivity index (χ0n) is 12.6. The second-order valence-corrected chi connectivity index (χ2v) is 7.16. The molecule has 126 valence electrons. The van der Waals surface area contributed by atoms with Gasteiger partial charge in [0.25, 0.3) is 0 Å². The van der Waals surface area contributed by atoms with Crippen molar-refractivity contribution in [2.75, 3.05) is 0 Å². The normalized spacial score (nSPS) is 22.7. The van der Waals surface area contributed by atoms with Gasteiger partial charge in [-0.1, -0.05) is 19.1 Å². The first-order valence-corrected chi connectivity index (χ1v) is 8.43. The molecule has 0 aromatic rings. The molecule has 0 fully saturated rings. The fourth-order valence-electron chi connectivity index (χ4n) is 2.72. The Bertz CT molecular complexity index is 561. The van der Waals surface area contributed by atoms with E-state index in [4.69, 9.17) is 0 Å². The third-order valence-corrected chi connectivity index (χ3v) is 4.94. The molecule has 22 heavy (non-hydrogen) atoms. The van der Waals surface area contributed by atoms with Crippen molar-refractivity contribution in [3.63, 3.8) is 0 Å². The van der Waals surface area contributed by atoms with Crippen LogP contribution >= 0.6 is 0 Å². The lowest BCUT2D eigenvalue weighted by molar-refractivity contribution is -0.0523. The average Bonchev–Trinajstić information content (AvgIpc) is 2.67. The molecule has 1 rings (SSSR count). The smallest absolute Gasteiger partial charge is 0.381 e. The van der Waals surface area contributed by atoms with Crippen LogP contribution in [0.4, 0.5) is 13.2 Å². The first-order valence-electron chi connectivity index (χ1n) is 7.02. The highest BCUT2D eigenvalue weighted by atomic mass is 32.2. The third kappa shape index (κ3) is 4.15. The first-order chi connectivity index (χ1) is 10.1. The lowest BCUT2D eigenvalue weighted by Gasteiger charge is -2.27. The number of allylic oxidation sites excluding steroid dienone is 4. The Labute approximate surface area is 129 Å². The van der Waals surface area contributed by atoms with Gasteiger partial charge in [0.2, 0.25) is 0 Å². The van der Waals surface area contributed by atoms with Gasteiger partial charge < -0.3 is 4.18 Å². The summed E-state index contributed by atoms with van der Waals surface area (Å²) in [7, 11) is -5.62. The van der Waals surface area contributed by atoms with E-state index in [1.165, 1.54) is 0 Å². The molecular weight excluding hydrogens is 317 g/mol. The lowest BCUT2D eigenvalue weighted by Crippen LogP contribution is -2.25. The van der Waals surface area contributed by atoms with E-state index in [0.29, 0.717) is 18.4 Å². The van der Waals surface area contributed by atoms with Crippen LogP contribution in [-0.4, -0.2) is 13.9 Å². The van der Waals surface area contributed by atoms with E-state index in [9.17, 15) is 21.6 Å². The molecule has 0 saturated heterocycles. The molecule has 0 heterocycles. The monoisotopic (exact) mass is 338 g/mol. The molecule has 0 aliphatic heterocycles. The van der Waals surface area contributed by atoms with Gasteiger partial charge in [-0.15, -0.1) is 13.2 Å². The van der Waals surface area contributed by atoms with Crippen molar-refractivity contribution in [2.45, 2.75) is 51.0 Å². The van der Waals surface area contributed by atoms with Gasteiger partial charge in [0.1, 0.15) is 5.76 Å². The molecule has 0 saturated carbocycles. The number of hydrogen-bond donors (Lipinski definition) is 0. The van der Waals surface area contributed by atoms with Gasteiger partial charge in [-0.05, 0) is 43.1 Å². The van der Waals surface area contributed by atoms with Crippen LogP contribution in [0.25, 0.3) is 0 Å². The largest absolute Gasteiger partial charge is 0.534 e. The molecule has 1 aliphatic rings. The van der Waals surface area contributed by atoms with Crippen LogP contribution in [0.3, 0.4) is 0 Å². The van der Waals surface area contributed by atoms with E-state index in [1.54, 1.807) is 12.2 Å². The zero-order valence-corrected chi connectivity index (χ0v) is 13.4. The van der Waals surface area contributed by atoms with Crippen LogP contribution in [0, 0.1) is 5.41 Å². The summed E-state index contributed by atoms with van der Waals surface area (Å²) in [5, 5.41) is 0. The molecule has 1 atom stereocenters. The van der Waals surface area contributed by atoms with Crippen molar-refractivity contribution in [1.29, 1.82) is 0 Å². The fourth-order valence-corrected chi connectivity index (χ4v) is 3.26. The standard InChI is InChI=1S/C15H21F3O3S/c1-4-6-7-10-14(3)11-9-13(12(14)8-5-2)21-22(19,20)15(16,17)18/h4-5H,1-2,6-11H2,3H3. The molecule has 0 spiro atoms. The van der Waals surface area contributed by atoms with Crippen LogP contribution in [-0.2, 0) is 14.3 Å². The van der Waals surface area contributed by atoms with Gasteiger partial charge in [-0.3, -0.25) is 0 Å². The van der Waals surface area contributed by atoms with Gasteiger partial charge in [-0.25, -0.2) is 0 Å². The van der Waals surface area contributed by atoms with Gasteiger partial charge in [0.05, 0.1) is 0 Å². The zero-order chi connectivity index (χ0) is 17.0. The summed E-state index contributed by atoms with van der Waals surface area (Å²) in [6.07, 6.45) is 6.76. The second kappa shape index (κ2) is 6.89. The topological polar surface area (TPSA) is 43.4 Å². The van der Waals surface area contributed by atoms with Crippen molar-refractivity contribution in [2.24, 2.45) is 5.41 Å². The molecule has 7 heteroatoms. The Morgan fingerprint density at radius 2 is 1.95 bits per heavy atom. The third-order valence-electron chi connectivity index (χ3n) is 3.95. The van der Waals surface area contributed by atoms with Crippen LogP contribution in [0.2, 0.25) is 0 Å². The van der Waals surface area contributed by atoms with Crippen LogP contribution < -0.4 is 0 Å². The number of unbranched alkanes of at least 4 members (excludes halogenated alkanes) is 1. The van der Waals surface area contributed by atoms with Crippen molar-refractivity contribution < 1.29 is 25.8 Å². The van der Waals surface area contributed by atoms with Gasteiger partial charge in [0.15, 0.2) is 0 Å². The van der Waals surface area contributed by atoms with Crippen LogP contribution in [0.15, 0.2) is 36.6 Å². The molecule has 3 nitrogen and oxygen atoms in total. The molecule has 0 aromatic heterocycles. The minimum atomic E-state index is -5.62. The molecule has 0 radical (unpaired) electrons. The Morgan fingerprint density at radius 1 is 1.32 bits per heavy atom. The Kier molecular flexibility index (Phi) is 5.89.